The van der Waals surface area contributed by atoms with Gasteiger partial charge < -0.3 is 4.90 Å². The first-order valence-corrected chi connectivity index (χ1v) is 7.64. The van der Waals surface area contributed by atoms with Gasteiger partial charge in [0.05, 0.1) is 0 Å². The largest absolute Gasteiger partial charge is 0.300 e. The van der Waals surface area contributed by atoms with Crippen molar-refractivity contribution >= 4 is 0 Å². The van der Waals surface area contributed by atoms with E-state index in [4.69, 9.17) is 0 Å². The van der Waals surface area contributed by atoms with E-state index in [2.05, 4.69) is 11.8 Å². The van der Waals surface area contributed by atoms with E-state index in [0.717, 1.165) is 12.0 Å². The van der Waals surface area contributed by atoms with Crippen molar-refractivity contribution in [3.63, 3.8) is 0 Å². The van der Waals surface area contributed by atoms with Gasteiger partial charge in [-0.05, 0) is 44.6 Å². The number of hydrogen-bond donors (Lipinski definition) is 0. The van der Waals surface area contributed by atoms with Crippen molar-refractivity contribution in [1.29, 1.82) is 0 Å². The third-order valence-electron chi connectivity index (χ3n) is 4.19. The Hall–Kier alpha value is -0.0400. The predicted octanol–water partition coefficient (Wildman–Crippen LogP) is 4.47. The zero-order valence-corrected chi connectivity index (χ0v) is 11.7. The average molecular weight is 225 g/mol. The highest BCUT2D eigenvalue weighted by Crippen LogP contribution is 2.28. The van der Waals surface area contributed by atoms with Crippen LogP contribution in [0.5, 0.6) is 0 Å². The SMILES string of the molecule is CC.CCC1CCCN1CC1CCCCC1. The molecule has 1 saturated heterocycles. The van der Waals surface area contributed by atoms with Gasteiger partial charge in [0.25, 0.3) is 0 Å². The number of hydrogen-bond acceptors (Lipinski definition) is 1. The van der Waals surface area contributed by atoms with E-state index in [1.165, 1.54) is 64.5 Å². The Kier molecular flexibility index (Phi) is 7.11. The second-order valence-electron chi connectivity index (χ2n) is 5.20. The summed E-state index contributed by atoms with van der Waals surface area (Å²) in [5.74, 6) is 1.04. The minimum Gasteiger partial charge on any atom is -0.300 e. The molecule has 2 fully saturated rings. The van der Waals surface area contributed by atoms with Gasteiger partial charge in [0.15, 0.2) is 0 Å². The van der Waals surface area contributed by atoms with Gasteiger partial charge in [0, 0.05) is 12.6 Å². The molecule has 0 bridgehead atoms. The predicted molar refractivity (Wildman–Crippen MR) is 72.8 cm³/mol. The topological polar surface area (TPSA) is 3.24 Å². The molecular formula is C15H31N. The lowest BCUT2D eigenvalue weighted by Gasteiger charge is -2.30. The summed E-state index contributed by atoms with van der Waals surface area (Å²) in [6, 6.07) is 0.928. The van der Waals surface area contributed by atoms with Crippen LogP contribution in [0.2, 0.25) is 0 Å². The van der Waals surface area contributed by atoms with Gasteiger partial charge in [0.1, 0.15) is 0 Å². The van der Waals surface area contributed by atoms with E-state index in [-0.39, 0.29) is 0 Å². The smallest absolute Gasteiger partial charge is 0.00932 e. The third-order valence-corrected chi connectivity index (χ3v) is 4.19. The fourth-order valence-electron chi connectivity index (χ4n) is 3.30. The molecule has 1 unspecified atom stereocenters. The third kappa shape index (κ3) is 4.08. The standard InChI is InChI=1S/C13H25N.C2H6/c1-2-13-9-6-10-14(13)11-12-7-4-3-5-8-12;1-2/h12-13H,2-11H2,1H3;1-2H3. The van der Waals surface area contributed by atoms with Crippen LogP contribution in [0.15, 0.2) is 0 Å². The Balaban J connectivity index is 0.000000606. The minimum absolute atomic E-state index is 0.928. The first-order chi connectivity index (χ1) is 7.90. The van der Waals surface area contributed by atoms with Crippen molar-refractivity contribution in [2.75, 3.05) is 13.1 Å². The zero-order valence-electron chi connectivity index (χ0n) is 11.7. The molecule has 1 atom stereocenters. The molecule has 16 heavy (non-hydrogen) atoms. The lowest BCUT2D eigenvalue weighted by Crippen LogP contribution is -2.34. The summed E-state index contributed by atoms with van der Waals surface area (Å²) in [5, 5.41) is 0. The molecule has 2 rings (SSSR count). The monoisotopic (exact) mass is 225 g/mol. The Labute approximate surface area is 103 Å². The lowest BCUT2D eigenvalue weighted by atomic mass is 9.89. The van der Waals surface area contributed by atoms with Gasteiger partial charge >= 0.3 is 0 Å². The summed E-state index contributed by atoms with van der Waals surface area (Å²) in [4.78, 5) is 2.77. The maximum absolute atomic E-state index is 2.77. The maximum Gasteiger partial charge on any atom is 0.00932 e. The molecule has 0 N–H and O–H groups in total. The van der Waals surface area contributed by atoms with Crippen LogP contribution >= 0.6 is 0 Å². The van der Waals surface area contributed by atoms with Crippen molar-refractivity contribution in [1.82, 2.24) is 4.90 Å². The Morgan fingerprint density at radius 2 is 1.62 bits per heavy atom. The van der Waals surface area contributed by atoms with Crippen LogP contribution in [0, 0.1) is 5.92 Å². The average Bonchev–Trinajstić information content (AvgIpc) is 2.80. The molecule has 0 spiro atoms. The van der Waals surface area contributed by atoms with Gasteiger partial charge in [0.2, 0.25) is 0 Å². The molecule has 0 radical (unpaired) electrons. The molecule has 0 amide bonds. The molecule has 0 aromatic carbocycles. The van der Waals surface area contributed by atoms with Crippen LogP contribution in [-0.4, -0.2) is 24.0 Å². The Morgan fingerprint density at radius 3 is 2.25 bits per heavy atom. The highest BCUT2D eigenvalue weighted by Gasteiger charge is 2.25. The second kappa shape index (κ2) is 8.11. The van der Waals surface area contributed by atoms with Gasteiger partial charge in [-0.1, -0.05) is 40.0 Å². The van der Waals surface area contributed by atoms with E-state index in [1.54, 1.807) is 0 Å². The van der Waals surface area contributed by atoms with E-state index >= 15 is 0 Å². The maximum atomic E-state index is 2.77. The molecular weight excluding hydrogens is 194 g/mol. The molecule has 1 heteroatoms. The van der Waals surface area contributed by atoms with Crippen molar-refractivity contribution in [2.45, 2.75) is 78.2 Å². The molecule has 2 aliphatic rings. The molecule has 1 nitrogen and oxygen atoms in total. The number of likely N-dealkylation sites (tertiary alicyclic amines) is 1. The second-order valence-corrected chi connectivity index (χ2v) is 5.20. The quantitative estimate of drug-likeness (QED) is 0.685. The molecule has 1 aliphatic heterocycles. The fourth-order valence-corrected chi connectivity index (χ4v) is 3.30. The Bertz CT molecular complexity index is 161. The van der Waals surface area contributed by atoms with E-state index in [1.807, 2.05) is 13.8 Å². The van der Waals surface area contributed by atoms with E-state index in [0.29, 0.717) is 0 Å². The highest BCUT2D eigenvalue weighted by molar-refractivity contribution is 4.80. The molecule has 0 aromatic heterocycles. The van der Waals surface area contributed by atoms with Gasteiger partial charge in [-0.15, -0.1) is 0 Å². The summed E-state index contributed by atoms with van der Waals surface area (Å²) in [7, 11) is 0. The van der Waals surface area contributed by atoms with Crippen molar-refractivity contribution in [3.05, 3.63) is 0 Å². The van der Waals surface area contributed by atoms with Crippen molar-refractivity contribution < 1.29 is 0 Å². The van der Waals surface area contributed by atoms with Crippen LogP contribution in [0.25, 0.3) is 0 Å². The summed E-state index contributed by atoms with van der Waals surface area (Å²) in [6.45, 7) is 9.15. The van der Waals surface area contributed by atoms with Crippen molar-refractivity contribution in [2.24, 2.45) is 5.92 Å². The molecule has 1 aliphatic carbocycles. The minimum atomic E-state index is 0.928. The van der Waals surface area contributed by atoms with E-state index in [9.17, 15) is 0 Å². The summed E-state index contributed by atoms with van der Waals surface area (Å²) < 4.78 is 0. The van der Waals surface area contributed by atoms with Crippen molar-refractivity contribution in [3.8, 4) is 0 Å². The lowest BCUT2D eigenvalue weighted by molar-refractivity contribution is 0.184. The van der Waals surface area contributed by atoms with E-state index < -0.39 is 0 Å². The van der Waals surface area contributed by atoms with Crippen LogP contribution in [0.3, 0.4) is 0 Å². The van der Waals surface area contributed by atoms with Gasteiger partial charge in [-0.25, -0.2) is 0 Å². The highest BCUT2D eigenvalue weighted by atomic mass is 15.2. The molecule has 0 aromatic rings. The van der Waals surface area contributed by atoms with Crippen LogP contribution in [0.1, 0.15) is 72.1 Å². The van der Waals surface area contributed by atoms with Crippen LogP contribution in [-0.2, 0) is 0 Å². The first-order valence-electron chi connectivity index (χ1n) is 7.64. The summed E-state index contributed by atoms with van der Waals surface area (Å²) in [5.41, 5.74) is 0. The molecule has 1 saturated carbocycles. The summed E-state index contributed by atoms with van der Waals surface area (Å²) >= 11 is 0. The first kappa shape index (κ1) is 14.0. The Morgan fingerprint density at radius 1 is 0.938 bits per heavy atom. The fraction of sp³-hybridized carbons (Fsp3) is 1.00. The van der Waals surface area contributed by atoms with Crippen LogP contribution in [0.4, 0.5) is 0 Å². The van der Waals surface area contributed by atoms with Gasteiger partial charge in [-0.3, -0.25) is 0 Å². The summed E-state index contributed by atoms with van der Waals surface area (Å²) in [6.07, 6.45) is 11.8. The zero-order chi connectivity index (χ0) is 11.8. The number of nitrogens with zero attached hydrogens (tertiary/aromatic N) is 1. The van der Waals surface area contributed by atoms with Crippen LogP contribution < -0.4 is 0 Å². The van der Waals surface area contributed by atoms with Gasteiger partial charge in [-0.2, -0.15) is 0 Å². The molecule has 96 valence electrons. The number of rotatable bonds is 3. The molecule has 1 heterocycles. The normalized spacial score (nSPS) is 27.6.